The first-order chi connectivity index (χ1) is 27.5. The highest BCUT2D eigenvalue weighted by Gasteiger charge is 2.25. The molecule has 2 nitrogen and oxygen atoms in total. The molecule has 56 heavy (non-hydrogen) atoms. The molecule has 7 rings (SSSR count). The highest BCUT2D eigenvalue weighted by Crippen LogP contribution is 2.43. The van der Waals surface area contributed by atoms with E-state index in [-0.39, 0.29) is 5.92 Å². The lowest BCUT2D eigenvalue weighted by atomic mass is 9.84. The number of hydrogen-bond acceptors (Lipinski definition) is 1. The van der Waals surface area contributed by atoms with E-state index >= 15 is 0 Å². The van der Waals surface area contributed by atoms with Crippen LogP contribution >= 0.6 is 0 Å². The Labute approximate surface area is 334 Å². The Morgan fingerprint density at radius 2 is 1.43 bits per heavy atom. The summed E-state index contributed by atoms with van der Waals surface area (Å²) in [6, 6.07) is 44.3. The van der Waals surface area contributed by atoms with Crippen LogP contribution in [0.5, 0.6) is 0 Å². The number of nitrogens with zero attached hydrogens (tertiary/aromatic N) is 2. The summed E-state index contributed by atoms with van der Waals surface area (Å²) < 4.78 is 2.37. The van der Waals surface area contributed by atoms with E-state index in [1.807, 2.05) is 32.1 Å². The van der Waals surface area contributed by atoms with Gasteiger partial charge in [-0.15, -0.1) is 0 Å². The van der Waals surface area contributed by atoms with Crippen molar-refractivity contribution in [3.63, 3.8) is 0 Å². The molecule has 5 aromatic carbocycles. The predicted molar refractivity (Wildman–Crippen MR) is 247 cm³/mol. The van der Waals surface area contributed by atoms with Gasteiger partial charge in [0.1, 0.15) is 0 Å². The van der Waals surface area contributed by atoms with E-state index in [1.165, 1.54) is 60.9 Å². The minimum absolute atomic E-state index is 0.206. The van der Waals surface area contributed by atoms with E-state index in [0.29, 0.717) is 0 Å². The molecular formula is C54H54N2. The van der Waals surface area contributed by atoms with Crippen LogP contribution in [0.3, 0.4) is 0 Å². The Kier molecular flexibility index (Phi) is 13.2. The maximum absolute atomic E-state index is 4.04. The Balaban J connectivity index is 0.00000262. The second-order valence-corrected chi connectivity index (χ2v) is 13.8. The molecule has 0 bridgehead atoms. The van der Waals surface area contributed by atoms with Crippen LogP contribution in [-0.4, -0.2) is 4.57 Å². The van der Waals surface area contributed by atoms with Gasteiger partial charge in [0, 0.05) is 39.5 Å². The summed E-state index contributed by atoms with van der Waals surface area (Å²) in [7, 11) is 0. The maximum Gasteiger partial charge on any atom is 0.0547 e. The molecule has 1 unspecified atom stereocenters. The number of aromatic nitrogens is 1. The molecule has 0 N–H and O–H groups in total. The number of rotatable bonds is 11. The number of fused-ring (bicyclic) bond motifs is 3. The van der Waals surface area contributed by atoms with E-state index in [1.54, 1.807) is 0 Å². The fourth-order valence-corrected chi connectivity index (χ4v) is 7.95. The lowest BCUT2D eigenvalue weighted by Gasteiger charge is -2.30. The molecule has 1 heterocycles. The van der Waals surface area contributed by atoms with E-state index in [0.717, 1.165) is 29.9 Å². The first-order valence-corrected chi connectivity index (χ1v) is 19.9. The molecule has 1 aromatic heterocycles. The van der Waals surface area contributed by atoms with E-state index in [9.17, 15) is 0 Å². The Bertz CT molecular complexity index is 2500. The van der Waals surface area contributed by atoms with Gasteiger partial charge in [0.25, 0.3) is 0 Å². The van der Waals surface area contributed by atoms with Crippen LogP contribution in [0, 0.1) is 0 Å². The number of benzene rings is 5. The molecule has 0 fully saturated rings. The van der Waals surface area contributed by atoms with Gasteiger partial charge in [0.2, 0.25) is 0 Å². The molecular weight excluding hydrogens is 677 g/mol. The van der Waals surface area contributed by atoms with Gasteiger partial charge in [0.15, 0.2) is 0 Å². The quantitative estimate of drug-likeness (QED) is 0.121. The molecule has 0 aliphatic heterocycles. The lowest BCUT2D eigenvalue weighted by Crippen LogP contribution is -2.21. The van der Waals surface area contributed by atoms with Crippen LogP contribution in [0.1, 0.15) is 58.9 Å². The summed E-state index contributed by atoms with van der Waals surface area (Å²) in [6.07, 6.45) is 22.9. The van der Waals surface area contributed by atoms with Gasteiger partial charge >= 0.3 is 0 Å². The molecule has 2 heteroatoms. The minimum atomic E-state index is 0.206. The van der Waals surface area contributed by atoms with Crippen LogP contribution in [-0.2, 0) is 0 Å². The Hall–Kier alpha value is -6.38. The average molecular weight is 731 g/mol. The second kappa shape index (κ2) is 18.8. The predicted octanol–water partition coefficient (Wildman–Crippen LogP) is 15.6. The Morgan fingerprint density at radius 3 is 2.16 bits per heavy atom. The van der Waals surface area contributed by atoms with Crippen LogP contribution in [0.4, 0.5) is 5.69 Å². The average Bonchev–Trinajstić information content (AvgIpc) is 3.47. The van der Waals surface area contributed by atoms with E-state index in [4.69, 9.17) is 0 Å². The first-order valence-electron chi connectivity index (χ1n) is 19.9. The first kappa shape index (κ1) is 39.3. The van der Waals surface area contributed by atoms with E-state index in [2.05, 4.69) is 207 Å². The van der Waals surface area contributed by atoms with Gasteiger partial charge < -0.3 is 9.47 Å². The summed E-state index contributed by atoms with van der Waals surface area (Å²) >= 11 is 0. The van der Waals surface area contributed by atoms with Crippen LogP contribution in [0.2, 0.25) is 0 Å². The SMILES string of the molecule is C=C/C=C\C=C(/C)N(C1=C(C)C(c2cc(-c3ccccc3)cc(-c3cccc4c3c3ccccc3n4C(/C=C\C)=C/C=C)c2)CCC=C1)c1ccccc1.CC. The smallest absolute Gasteiger partial charge is 0.0547 e. The molecule has 0 radical (unpaired) electrons. The van der Waals surface area contributed by atoms with Crippen molar-refractivity contribution in [3.05, 3.63) is 218 Å². The molecule has 0 saturated heterocycles. The van der Waals surface area contributed by atoms with Crippen molar-refractivity contribution in [3.8, 4) is 22.3 Å². The lowest BCUT2D eigenvalue weighted by molar-refractivity contribution is 0.715. The Morgan fingerprint density at radius 1 is 0.732 bits per heavy atom. The summed E-state index contributed by atoms with van der Waals surface area (Å²) in [4.78, 5) is 2.40. The minimum Gasteiger partial charge on any atom is -0.315 e. The maximum atomic E-state index is 4.04. The van der Waals surface area contributed by atoms with Crippen molar-refractivity contribution in [2.45, 2.75) is 53.4 Å². The standard InChI is InChI=1S/C52H48N2.C2H6/c1-6-9-12-24-38(4)53(45-27-15-11-16-28-45)49-32-19-17-29-46(39(49)5)42-35-41(40-25-13-10-14-26-40)36-43(37-42)47-31-21-34-51-52(47)48-30-18-20-33-50(48)54(51)44(22-7-2)23-8-3;1-2/h6-16,18-28,30-37,46H,1-2,17,29H2,3-5H3;1-2H3/b12-9-,23-8-,38-24+,44-22+;. The summed E-state index contributed by atoms with van der Waals surface area (Å²) in [5.74, 6) is 0.206. The summed E-state index contributed by atoms with van der Waals surface area (Å²) in [5.41, 5.74) is 14.5. The molecule has 0 spiro atoms. The normalized spacial score (nSPS) is 15.0. The topological polar surface area (TPSA) is 8.17 Å². The van der Waals surface area contributed by atoms with Crippen molar-refractivity contribution in [1.82, 2.24) is 4.57 Å². The van der Waals surface area contributed by atoms with Gasteiger partial charge in [-0.25, -0.2) is 0 Å². The van der Waals surface area contributed by atoms with Crippen molar-refractivity contribution in [2.24, 2.45) is 0 Å². The molecule has 0 amide bonds. The molecule has 1 atom stereocenters. The molecule has 1 aliphatic carbocycles. The van der Waals surface area contributed by atoms with Gasteiger partial charge in [0.05, 0.1) is 11.0 Å². The largest absolute Gasteiger partial charge is 0.315 e. The zero-order valence-electron chi connectivity index (χ0n) is 33.6. The van der Waals surface area contributed by atoms with Crippen molar-refractivity contribution < 1.29 is 0 Å². The third-order valence-electron chi connectivity index (χ3n) is 10.4. The zero-order chi connectivity index (χ0) is 39.4. The van der Waals surface area contributed by atoms with Crippen molar-refractivity contribution in [2.75, 3.05) is 4.90 Å². The van der Waals surface area contributed by atoms with Gasteiger partial charge in [-0.2, -0.15) is 0 Å². The van der Waals surface area contributed by atoms with Crippen LogP contribution < -0.4 is 4.90 Å². The second-order valence-electron chi connectivity index (χ2n) is 13.8. The van der Waals surface area contributed by atoms with Crippen molar-refractivity contribution in [1.29, 1.82) is 0 Å². The summed E-state index contributed by atoms with van der Waals surface area (Å²) in [5, 5.41) is 2.49. The number of hydrogen-bond donors (Lipinski definition) is 0. The number of allylic oxidation sites excluding steroid dienone is 13. The third-order valence-corrected chi connectivity index (χ3v) is 10.4. The summed E-state index contributed by atoms with van der Waals surface area (Å²) in [6.45, 7) is 18.5. The zero-order valence-corrected chi connectivity index (χ0v) is 33.6. The fourth-order valence-electron chi connectivity index (χ4n) is 7.95. The number of anilines is 1. The van der Waals surface area contributed by atoms with Crippen LogP contribution in [0.25, 0.3) is 49.8 Å². The molecule has 280 valence electrons. The van der Waals surface area contributed by atoms with Gasteiger partial charge in [-0.3, -0.25) is 0 Å². The molecule has 0 saturated carbocycles. The van der Waals surface area contributed by atoms with Crippen molar-refractivity contribution >= 4 is 33.2 Å². The fraction of sp³-hybridized carbons (Fsp3) is 0.148. The van der Waals surface area contributed by atoms with E-state index < -0.39 is 0 Å². The highest BCUT2D eigenvalue weighted by molar-refractivity contribution is 6.16. The number of para-hydroxylation sites is 2. The molecule has 1 aliphatic rings. The molecule has 6 aromatic rings. The van der Waals surface area contributed by atoms with Gasteiger partial charge in [-0.05, 0) is 122 Å². The third kappa shape index (κ3) is 8.16. The monoisotopic (exact) mass is 730 g/mol. The van der Waals surface area contributed by atoms with Crippen LogP contribution in [0.15, 0.2) is 212 Å². The van der Waals surface area contributed by atoms with Gasteiger partial charge in [-0.1, -0.05) is 154 Å². The highest BCUT2D eigenvalue weighted by atomic mass is 15.2.